The Hall–Kier alpha value is -4.29. The molecule has 1 saturated heterocycles. The highest BCUT2D eigenvalue weighted by molar-refractivity contribution is 6.00. The number of nitrogens with zero attached hydrogens (tertiary/aromatic N) is 8. The molecule has 3 aromatic heterocycles. The van der Waals surface area contributed by atoms with E-state index in [0.717, 1.165) is 12.8 Å². The number of rotatable bonds is 7. The minimum Gasteiger partial charge on any atom is -0.492 e. The van der Waals surface area contributed by atoms with Gasteiger partial charge in [-0.2, -0.15) is 15.0 Å². The van der Waals surface area contributed by atoms with Crippen molar-refractivity contribution in [2.75, 3.05) is 37.4 Å². The molecule has 13 nitrogen and oxygen atoms in total. The van der Waals surface area contributed by atoms with E-state index in [9.17, 15) is 9.59 Å². The van der Waals surface area contributed by atoms with Crippen LogP contribution in [0.15, 0.2) is 18.3 Å². The third-order valence-corrected chi connectivity index (χ3v) is 5.85. The van der Waals surface area contributed by atoms with Crippen LogP contribution in [0.2, 0.25) is 0 Å². The summed E-state index contributed by atoms with van der Waals surface area (Å²) in [5.74, 6) is -0.220. The summed E-state index contributed by atoms with van der Waals surface area (Å²) in [6.07, 6.45) is 3.52. The van der Waals surface area contributed by atoms with Crippen molar-refractivity contribution in [2.45, 2.75) is 25.8 Å². The third kappa shape index (κ3) is 4.20. The Morgan fingerprint density at radius 3 is 2.77 bits per heavy atom. The smallest absolute Gasteiger partial charge is 0.326 e. The molecule has 5 rings (SSSR count). The summed E-state index contributed by atoms with van der Waals surface area (Å²) in [6, 6.07) is 3.30. The topological polar surface area (TPSA) is 143 Å². The Morgan fingerprint density at radius 1 is 1.26 bits per heavy atom. The average molecular weight is 482 g/mol. The first-order chi connectivity index (χ1) is 18.0. The fourth-order valence-electron chi connectivity index (χ4n) is 4.07. The van der Waals surface area contributed by atoms with E-state index < -0.39 is 12.9 Å². The van der Waals surface area contributed by atoms with E-state index in [1.807, 2.05) is 5.32 Å². The summed E-state index contributed by atoms with van der Waals surface area (Å²) in [5, 5.41) is 21.5. The van der Waals surface area contributed by atoms with Crippen LogP contribution < -0.4 is 20.3 Å². The first-order valence-corrected chi connectivity index (χ1v) is 11.0. The van der Waals surface area contributed by atoms with E-state index in [4.69, 9.17) is 8.85 Å². The maximum absolute atomic E-state index is 13.0. The molecule has 1 saturated carbocycles. The molecule has 1 aliphatic carbocycles. The second kappa shape index (κ2) is 8.81. The number of amides is 3. The Balaban J connectivity index is 1.56. The molecule has 0 spiro atoms. The maximum atomic E-state index is 13.0. The lowest BCUT2D eigenvalue weighted by Gasteiger charge is -2.19. The zero-order valence-corrected chi connectivity index (χ0v) is 19.4. The Bertz CT molecular complexity index is 1410. The fraction of sp³-hybridized carbons (Fsp3) is 0.409. The number of ether oxygens (including phenoxy) is 1. The number of pyridine rings is 1. The van der Waals surface area contributed by atoms with E-state index in [0.29, 0.717) is 35.8 Å². The van der Waals surface area contributed by atoms with Gasteiger partial charge in [-0.25, -0.2) is 9.78 Å². The number of methoxy groups -OCH3 is 1. The van der Waals surface area contributed by atoms with E-state index in [-0.39, 0.29) is 35.1 Å². The van der Waals surface area contributed by atoms with Crippen molar-refractivity contribution in [1.29, 1.82) is 0 Å². The number of urea groups is 1. The monoisotopic (exact) mass is 481 g/mol. The van der Waals surface area contributed by atoms with Gasteiger partial charge in [-0.1, -0.05) is 0 Å². The van der Waals surface area contributed by atoms with Crippen LogP contribution in [0.3, 0.4) is 0 Å². The molecule has 182 valence electrons. The zero-order chi connectivity index (χ0) is 27.2. The minimum atomic E-state index is -2.75. The average Bonchev–Trinajstić information content (AvgIpc) is 3.47. The highest BCUT2D eigenvalue weighted by Crippen LogP contribution is 2.37. The predicted molar refractivity (Wildman–Crippen MR) is 127 cm³/mol. The number of hydrogen-bond donors (Lipinski definition) is 2. The molecule has 0 aromatic carbocycles. The van der Waals surface area contributed by atoms with Gasteiger partial charge in [0.05, 0.1) is 24.6 Å². The van der Waals surface area contributed by atoms with Crippen molar-refractivity contribution in [3.63, 3.8) is 0 Å². The number of aryl methyl sites for hydroxylation is 2. The number of carbonyl (C=O) groups is 2. The molecule has 2 aliphatic rings. The van der Waals surface area contributed by atoms with E-state index >= 15 is 0 Å². The van der Waals surface area contributed by atoms with E-state index in [2.05, 4.69) is 30.7 Å². The fourth-order valence-corrected chi connectivity index (χ4v) is 4.07. The number of anilines is 3. The largest absolute Gasteiger partial charge is 0.492 e. The van der Waals surface area contributed by atoms with Gasteiger partial charge < -0.3 is 20.3 Å². The summed E-state index contributed by atoms with van der Waals surface area (Å²) in [5.41, 5.74) is 1.55. The molecule has 4 heterocycles. The van der Waals surface area contributed by atoms with Gasteiger partial charge in [-0.15, -0.1) is 10.2 Å². The molecule has 0 bridgehead atoms. The van der Waals surface area contributed by atoms with E-state index in [1.165, 1.54) is 22.9 Å². The lowest BCUT2D eigenvalue weighted by Crippen LogP contribution is -2.34. The minimum absolute atomic E-state index is 0.0934. The van der Waals surface area contributed by atoms with Gasteiger partial charge in [-0.3, -0.25) is 9.69 Å². The van der Waals surface area contributed by atoms with Gasteiger partial charge in [0.2, 0.25) is 0 Å². The molecular formula is C22H26N10O3. The van der Waals surface area contributed by atoms with Crippen molar-refractivity contribution >= 4 is 29.3 Å². The Labute approximate surface area is 205 Å². The van der Waals surface area contributed by atoms with Gasteiger partial charge in [0.1, 0.15) is 5.69 Å². The second-order valence-electron chi connectivity index (χ2n) is 8.32. The molecule has 35 heavy (non-hydrogen) atoms. The summed E-state index contributed by atoms with van der Waals surface area (Å²) >= 11 is 0. The molecule has 1 aliphatic heterocycles. The summed E-state index contributed by atoms with van der Waals surface area (Å²) in [4.78, 5) is 35.0. The summed E-state index contributed by atoms with van der Waals surface area (Å²) in [7, 11) is 3.15. The van der Waals surface area contributed by atoms with Crippen LogP contribution in [-0.2, 0) is 7.05 Å². The molecule has 2 N–H and O–H groups in total. The van der Waals surface area contributed by atoms with Crippen LogP contribution in [0, 0.1) is 6.92 Å². The van der Waals surface area contributed by atoms with E-state index in [1.54, 1.807) is 31.1 Å². The quantitative estimate of drug-likeness (QED) is 0.513. The summed E-state index contributed by atoms with van der Waals surface area (Å²) in [6.45, 7) is -0.00178. The number of hydrogen-bond acceptors (Lipinski definition) is 9. The van der Waals surface area contributed by atoms with Crippen molar-refractivity contribution < 1.29 is 18.4 Å². The van der Waals surface area contributed by atoms with Crippen LogP contribution in [0.25, 0.3) is 11.3 Å². The van der Waals surface area contributed by atoms with Gasteiger partial charge in [0.15, 0.2) is 23.1 Å². The lowest BCUT2D eigenvalue weighted by molar-refractivity contribution is 0.0958. The second-order valence-corrected chi connectivity index (χ2v) is 8.32. The molecule has 2 fully saturated rings. The van der Waals surface area contributed by atoms with Crippen LogP contribution in [0.4, 0.5) is 22.1 Å². The Kier molecular flexibility index (Phi) is 4.80. The molecule has 3 aromatic rings. The van der Waals surface area contributed by atoms with Crippen molar-refractivity contribution in [3.05, 3.63) is 29.7 Å². The van der Waals surface area contributed by atoms with Gasteiger partial charge >= 0.3 is 6.03 Å². The predicted octanol–water partition coefficient (Wildman–Crippen LogP) is 1.49. The lowest BCUT2D eigenvalue weighted by atomic mass is 10.1. The van der Waals surface area contributed by atoms with Crippen molar-refractivity contribution in [3.8, 4) is 17.0 Å². The summed E-state index contributed by atoms with van der Waals surface area (Å²) < 4.78 is 27.9. The number of carbonyl (C=O) groups excluding carboxylic acids is 2. The molecule has 0 unspecified atom stereocenters. The van der Waals surface area contributed by atoms with Crippen LogP contribution in [0.5, 0.6) is 5.75 Å². The van der Waals surface area contributed by atoms with Gasteiger partial charge in [0.25, 0.3) is 5.91 Å². The van der Waals surface area contributed by atoms with Crippen molar-refractivity contribution in [1.82, 2.24) is 40.4 Å². The van der Waals surface area contributed by atoms with Crippen LogP contribution >= 0.6 is 0 Å². The van der Waals surface area contributed by atoms with Gasteiger partial charge in [0, 0.05) is 49.0 Å². The first-order valence-electron chi connectivity index (χ1n) is 12.5. The molecule has 0 atom stereocenters. The van der Waals surface area contributed by atoms with Crippen LogP contribution in [-0.4, -0.2) is 80.2 Å². The number of aromatic nitrogens is 6. The molecule has 3 amide bonds. The SMILES string of the molecule is [2H]C([2H])([2H])NC(=O)c1nnc(N2CCN(C3CC3)C2=O)cc1Nc1nc(C)cc(-c2cnn(C)n2)c1OC. The van der Waals surface area contributed by atoms with Crippen LogP contribution in [0.1, 0.15) is 33.1 Å². The van der Waals surface area contributed by atoms with Crippen molar-refractivity contribution in [2.24, 2.45) is 7.05 Å². The third-order valence-electron chi connectivity index (χ3n) is 5.85. The molecular weight excluding hydrogens is 452 g/mol. The molecule has 0 radical (unpaired) electrons. The highest BCUT2D eigenvalue weighted by atomic mass is 16.5. The zero-order valence-electron chi connectivity index (χ0n) is 22.4. The Morgan fingerprint density at radius 2 is 2.09 bits per heavy atom. The standard InChI is InChI=1S/C22H26N10O3/c1-12-9-14(16-11-24-30(3)29-16)19(35-4)20(25-12)26-15-10-17(27-28-18(15)21(33)23-2)32-8-7-31(22(32)34)13-5-6-13/h9-11,13H,5-8H2,1-4H3,(H,23,33)(H,25,26,27)/i2D3. The normalized spacial score (nSPS) is 17.1. The van der Waals surface area contributed by atoms with Gasteiger partial charge in [-0.05, 0) is 25.8 Å². The highest BCUT2D eigenvalue weighted by Gasteiger charge is 2.40. The molecule has 13 heteroatoms. The first kappa shape index (κ1) is 19.1. The maximum Gasteiger partial charge on any atom is 0.326 e. The number of nitrogens with one attached hydrogen (secondary N) is 2.